The van der Waals surface area contributed by atoms with Gasteiger partial charge in [-0.2, -0.15) is 5.10 Å². The summed E-state index contributed by atoms with van der Waals surface area (Å²) in [5.41, 5.74) is 0.960. The van der Waals surface area contributed by atoms with Crippen molar-refractivity contribution in [2.75, 3.05) is 0 Å². The summed E-state index contributed by atoms with van der Waals surface area (Å²) in [5, 5.41) is 12.7. The molecule has 5 nitrogen and oxygen atoms in total. The molecule has 0 aliphatic heterocycles. The smallest absolute Gasteiger partial charge is 0.357 e. The van der Waals surface area contributed by atoms with Gasteiger partial charge in [0, 0.05) is 6.20 Å². The second-order valence-corrected chi connectivity index (χ2v) is 4.16. The number of aryl methyl sites for hydroxylation is 1. The highest BCUT2D eigenvalue weighted by Gasteiger charge is 2.13. The second-order valence-electron chi connectivity index (χ2n) is 3.76. The van der Waals surface area contributed by atoms with Gasteiger partial charge in [0.25, 0.3) is 0 Å². The minimum Gasteiger partial charge on any atom is -0.476 e. The van der Waals surface area contributed by atoms with Crippen molar-refractivity contribution in [1.82, 2.24) is 9.78 Å². The topological polar surface area (TPSA) is 64.3 Å². The normalized spacial score (nSPS) is 10.3. The van der Waals surface area contributed by atoms with Crippen molar-refractivity contribution in [1.29, 1.82) is 0 Å². The maximum Gasteiger partial charge on any atom is 0.357 e. The predicted molar refractivity (Wildman–Crippen MR) is 66.0 cm³/mol. The lowest BCUT2D eigenvalue weighted by Crippen LogP contribution is -2.07. The Hall–Kier alpha value is -2.01. The average molecular weight is 267 g/mol. The summed E-state index contributed by atoms with van der Waals surface area (Å²) < 4.78 is 6.78. The Morgan fingerprint density at radius 1 is 1.44 bits per heavy atom. The number of carboxylic acid groups (broad SMARTS) is 1. The minimum atomic E-state index is -1.16. The van der Waals surface area contributed by atoms with Crippen molar-refractivity contribution < 1.29 is 14.6 Å². The molecule has 0 radical (unpaired) electrons. The summed E-state index contributed by atoms with van der Waals surface area (Å²) in [6.07, 6.45) is 1.42. The van der Waals surface area contributed by atoms with Crippen LogP contribution in [0.3, 0.4) is 0 Å². The van der Waals surface area contributed by atoms with Gasteiger partial charge in [-0.3, -0.25) is 0 Å². The maximum absolute atomic E-state index is 10.7. The first-order valence-corrected chi connectivity index (χ1v) is 5.60. The van der Waals surface area contributed by atoms with Gasteiger partial charge in [0.1, 0.15) is 5.75 Å². The van der Waals surface area contributed by atoms with Crippen molar-refractivity contribution in [3.63, 3.8) is 0 Å². The molecule has 0 spiro atoms. The molecule has 0 saturated heterocycles. The molecular formula is C12H11ClN2O3. The van der Waals surface area contributed by atoms with Gasteiger partial charge >= 0.3 is 5.97 Å². The van der Waals surface area contributed by atoms with Crippen LogP contribution in [0, 0.1) is 6.92 Å². The summed E-state index contributed by atoms with van der Waals surface area (Å²) in [4.78, 5) is 10.7. The SMILES string of the molecule is Cc1ccc(OCn2cc(Cl)c(C(=O)O)n2)cc1. The third-order valence-corrected chi connectivity index (χ3v) is 2.58. The van der Waals surface area contributed by atoms with E-state index in [1.165, 1.54) is 10.9 Å². The summed E-state index contributed by atoms with van der Waals surface area (Å²) in [7, 11) is 0. The number of ether oxygens (including phenoxy) is 1. The number of carbonyl (C=O) groups is 1. The molecular weight excluding hydrogens is 256 g/mol. The van der Waals surface area contributed by atoms with Gasteiger partial charge in [0.15, 0.2) is 12.4 Å². The van der Waals surface area contributed by atoms with Crippen LogP contribution in [0.5, 0.6) is 5.75 Å². The molecule has 0 fully saturated rings. The third-order valence-electron chi connectivity index (χ3n) is 2.30. The van der Waals surface area contributed by atoms with E-state index < -0.39 is 5.97 Å². The van der Waals surface area contributed by atoms with E-state index in [2.05, 4.69) is 5.10 Å². The first kappa shape index (κ1) is 12.4. The van der Waals surface area contributed by atoms with Gasteiger partial charge in [0.05, 0.1) is 5.02 Å². The average Bonchev–Trinajstić information content (AvgIpc) is 2.70. The number of nitrogens with zero attached hydrogens (tertiary/aromatic N) is 2. The van der Waals surface area contributed by atoms with Crippen molar-refractivity contribution in [2.45, 2.75) is 13.7 Å². The molecule has 2 rings (SSSR count). The van der Waals surface area contributed by atoms with E-state index >= 15 is 0 Å². The standard InChI is InChI=1S/C12H11ClN2O3/c1-8-2-4-9(5-3-8)18-7-15-6-10(13)11(14-15)12(16)17/h2-6H,7H2,1H3,(H,16,17). The lowest BCUT2D eigenvalue weighted by Gasteiger charge is -2.05. The van der Waals surface area contributed by atoms with Gasteiger partial charge in [0.2, 0.25) is 0 Å². The highest BCUT2D eigenvalue weighted by molar-refractivity contribution is 6.33. The zero-order chi connectivity index (χ0) is 13.1. The molecule has 0 bridgehead atoms. The largest absolute Gasteiger partial charge is 0.476 e. The maximum atomic E-state index is 10.7. The van der Waals surface area contributed by atoms with Crippen LogP contribution in [0.4, 0.5) is 0 Å². The Labute approximate surface area is 109 Å². The van der Waals surface area contributed by atoms with Gasteiger partial charge in [-0.1, -0.05) is 29.3 Å². The molecule has 0 unspecified atom stereocenters. The number of rotatable bonds is 4. The molecule has 1 heterocycles. The monoisotopic (exact) mass is 266 g/mol. The number of carboxylic acids is 1. The quantitative estimate of drug-likeness (QED) is 0.924. The first-order chi connectivity index (χ1) is 8.56. The van der Waals surface area contributed by atoms with E-state index in [0.717, 1.165) is 5.56 Å². The Balaban J connectivity index is 2.04. The van der Waals surface area contributed by atoms with Crippen LogP contribution in [0.15, 0.2) is 30.5 Å². The van der Waals surface area contributed by atoms with Crippen LogP contribution >= 0.6 is 11.6 Å². The van der Waals surface area contributed by atoms with E-state index in [9.17, 15) is 4.79 Å². The highest BCUT2D eigenvalue weighted by atomic mass is 35.5. The predicted octanol–water partition coefficient (Wildman–Crippen LogP) is 2.58. The van der Waals surface area contributed by atoms with Gasteiger partial charge < -0.3 is 9.84 Å². The van der Waals surface area contributed by atoms with Crippen LogP contribution in [0.1, 0.15) is 16.1 Å². The molecule has 0 atom stereocenters. The van der Waals surface area contributed by atoms with E-state index in [-0.39, 0.29) is 17.4 Å². The summed E-state index contributed by atoms with van der Waals surface area (Å²) >= 11 is 5.72. The van der Waals surface area contributed by atoms with Crippen LogP contribution < -0.4 is 4.74 Å². The molecule has 6 heteroatoms. The third kappa shape index (κ3) is 2.81. The minimum absolute atomic E-state index is 0.0926. The van der Waals surface area contributed by atoms with Gasteiger partial charge in [-0.05, 0) is 19.1 Å². The number of benzene rings is 1. The Morgan fingerprint density at radius 2 is 2.11 bits per heavy atom. The molecule has 18 heavy (non-hydrogen) atoms. The molecule has 1 aromatic heterocycles. The number of aromatic nitrogens is 2. The summed E-state index contributed by atoms with van der Waals surface area (Å²) in [6.45, 7) is 2.09. The molecule has 0 amide bonds. The Morgan fingerprint density at radius 3 is 2.67 bits per heavy atom. The van der Waals surface area contributed by atoms with Crippen LogP contribution in [0.25, 0.3) is 0 Å². The van der Waals surface area contributed by atoms with E-state index in [4.69, 9.17) is 21.4 Å². The second kappa shape index (κ2) is 5.10. The lowest BCUT2D eigenvalue weighted by molar-refractivity contribution is 0.0688. The fraction of sp³-hybridized carbons (Fsp3) is 0.167. The zero-order valence-corrected chi connectivity index (χ0v) is 10.4. The molecule has 0 saturated carbocycles. The number of aromatic carboxylic acids is 1. The summed E-state index contributed by atoms with van der Waals surface area (Å²) in [5.74, 6) is -0.474. The number of halogens is 1. The lowest BCUT2D eigenvalue weighted by atomic mass is 10.2. The molecule has 0 aliphatic rings. The van der Waals surface area contributed by atoms with Crippen molar-refractivity contribution in [3.8, 4) is 5.75 Å². The number of hydrogen-bond acceptors (Lipinski definition) is 3. The van der Waals surface area contributed by atoms with E-state index in [0.29, 0.717) is 5.75 Å². The highest BCUT2D eigenvalue weighted by Crippen LogP contribution is 2.15. The van der Waals surface area contributed by atoms with Crippen molar-refractivity contribution in [3.05, 3.63) is 46.7 Å². The van der Waals surface area contributed by atoms with Gasteiger partial charge in [-0.15, -0.1) is 0 Å². The van der Waals surface area contributed by atoms with Crippen LogP contribution in [-0.4, -0.2) is 20.9 Å². The van der Waals surface area contributed by atoms with Crippen LogP contribution in [0.2, 0.25) is 5.02 Å². The zero-order valence-electron chi connectivity index (χ0n) is 9.63. The molecule has 2 aromatic rings. The van der Waals surface area contributed by atoms with Gasteiger partial charge in [-0.25, -0.2) is 9.48 Å². The molecule has 0 aliphatic carbocycles. The molecule has 1 aromatic carbocycles. The first-order valence-electron chi connectivity index (χ1n) is 5.22. The van der Waals surface area contributed by atoms with Crippen molar-refractivity contribution >= 4 is 17.6 Å². The summed E-state index contributed by atoms with van der Waals surface area (Å²) in [6, 6.07) is 7.51. The van der Waals surface area contributed by atoms with Crippen molar-refractivity contribution in [2.24, 2.45) is 0 Å². The Bertz CT molecular complexity index is 563. The molecule has 1 N–H and O–H groups in total. The Kier molecular flexibility index (Phi) is 3.53. The van der Waals surface area contributed by atoms with E-state index in [1.54, 1.807) is 0 Å². The molecule has 94 valence electrons. The number of hydrogen-bond donors (Lipinski definition) is 1. The van der Waals surface area contributed by atoms with E-state index in [1.807, 2.05) is 31.2 Å². The fourth-order valence-corrected chi connectivity index (χ4v) is 1.61. The fourth-order valence-electron chi connectivity index (χ4n) is 1.38. The van der Waals surface area contributed by atoms with Crippen LogP contribution in [-0.2, 0) is 6.73 Å².